The van der Waals surface area contributed by atoms with E-state index in [0.717, 1.165) is 0 Å². The normalized spacial score (nSPS) is 30.1. The van der Waals surface area contributed by atoms with E-state index in [9.17, 15) is 14.1 Å². The zero-order valence-corrected chi connectivity index (χ0v) is 9.53. The highest BCUT2D eigenvalue weighted by Crippen LogP contribution is 2.43. The summed E-state index contributed by atoms with van der Waals surface area (Å²) < 4.78 is 11.7. The van der Waals surface area contributed by atoms with Gasteiger partial charge < -0.3 is 10.4 Å². The lowest BCUT2D eigenvalue weighted by Gasteiger charge is -2.21. The Morgan fingerprint density at radius 3 is 2.76 bits per heavy atom. The maximum Gasteiger partial charge on any atom is 0.266 e. The van der Waals surface area contributed by atoms with Crippen molar-refractivity contribution in [3.63, 3.8) is 0 Å². The van der Waals surface area contributed by atoms with Crippen molar-refractivity contribution in [2.45, 2.75) is 5.60 Å². The van der Waals surface area contributed by atoms with Crippen LogP contribution in [0.3, 0.4) is 0 Å². The van der Waals surface area contributed by atoms with E-state index >= 15 is 0 Å². The molecule has 0 saturated heterocycles. The van der Waals surface area contributed by atoms with Gasteiger partial charge in [0.15, 0.2) is 0 Å². The van der Waals surface area contributed by atoms with Crippen molar-refractivity contribution in [2.75, 3.05) is 5.32 Å². The zero-order valence-electron chi connectivity index (χ0n) is 8.71. The van der Waals surface area contributed by atoms with E-state index in [4.69, 9.17) is 0 Å². The number of amides is 1. The highest BCUT2D eigenvalue weighted by Gasteiger charge is 2.50. The molecule has 2 N–H and O–H groups in total. The SMILES string of the molecule is O=C1Nc2ccccc2C1(O)C1=CC=CS1=O. The van der Waals surface area contributed by atoms with Crippen LogP contribution in [0.4, 0.5) is 5.69 Å². The number of carbonyl (C=O) groups excluding carboxylic acids is 1. The highest BCUT2D eigenvalue weighted by molar-refractivity contribution is 7.92. The van der Waals surface area contributed by atoms with Crippen LogP contribution < -0.4 is 5.32 Å². The molecule has 2 unspecified atom stereocenters. The molecule has 0 spiro atoms. The summed E-state index contributed by atoms with van der Waals surface area (Å²) in [5, 5.41) is 14.6. The Hall–Kier alpha value is -1.72. The minimum atomic E-state index is -1.81. The molecule has 2 heterocycles. The Bertz CT molecular complexity index is 606. The number of anilines is 1. The number of para-hydroxylation sites is 1. The van der Waals surface area contributed by atoms with Crippen LogP contribution >= 0.6 is 0 Å². The quantitative estimate of drug-likeness (QED) is 0.777. The number of hydrogen-bond acceptors (Lipinski definition) is 3. The molecule has 4 nitrogen and oxygen atoms in total. The van der Waals surface area contributed by atoms with Gasteiger partial charge in [-0.1, -0.05) is 24.3 Å². The van der Waals surface area contributed by atoms with Gasteiger partial charge in [-0.15, -0.1) is 0 Å². The van der Waals surface area contributed by atoms with Crippen LogP contribution in [-0.4, -0.2) is 15.2 Å². The molecule has 2 aliphatic heterocycles. The lowest BCUT2D eigenvalue weighted by molar-refractivity contribution is -0.129. The van der Waals surface area contributed by atoms with Crippen LogP contribution in [0.5, 0.6) is 0 Å². The van der Waals surface area contributed by atoms with E-state index in [0.29, 0.717) is 11.3 Å². The third kappa shape index (κ3) is 1.26. The van der Waals surface area contributed by atoms with Gasteiger partial charge in [0.2, 0.25) is 5.60 Å². The Morgan fingerprint density at radius 1 is 1.29 bits per heavy atom. The lowest BCUT2D eigenvalue weighted by atomic mass is 9.94. The third-order valence-electron chi connectivity index (χ3n) is 2.92. The summed E-state index contributed by atoms with van der Waals surface area (Å²) in [6, 6.07) is 6.86. The van der Waals surface area contributed by atoms with Crippen LogP contribution in [0.2, 0.25) is 0 Å². The van der Waals surface area contributed by atoms with Crippen molar-refractivity contribution >= 4 is 22.4 Å². The fourth-order valence-corrected chi connectivity index (χ4v) is 3.17. The largest absolute Gasteiger partial charge is 0.371 e. The predicted octanol–water partition coefficient (Wildman–Crippen LogP) is 0.986. The first kappa shape index (κ1) is 10.4. The molecule has 3 rings (SSSR count). The van der Waals surface area contributed by atoms with Gasteiger partial charge >= 0.3 is 0 Å². The molecule has 1 aromatic carbocycles. The first-order chi connectivity index (χ1) is 8.14. The Labute approximate surface area is 100 Å². The van der Waals surface area contributed by atoms with E-state index in [1.807, 2.05) is 0 Å². The number of carbonyl (C=O) groups is 1. The summed E-state index contributed by atoms with van der Waals surface area (Å²) in [6.45, 7) is 0. The lowest BCUT2D eigenvalue weighted by Crippen LogP contribution is -2.37. The molecular weight excluding hydrogens is 238 g/mol. The summed E-state index contributed by atoms with van der Waals surface area (Å²) in [7, 11) is -1.45. The molecular formula is C12H9NO3S. The van der Waals surface area contributed by atoms with Crippen molar-refractivity contribution in [1.29, 1.82) is 0 Å². The number of hydrogen-bond donors (Lipinski definition) is 2. The second kappa shape index (κ2) is 3.38. The molecule has 86 valence electrons. The molecule has 0 radical (unpaired) electrons. The second-order valence-corrected chi connectivity index (χ2v) is 5.17. The van der Waals surface area contributed by atoms with Crippen molar-refractivity contribution < 1.29 is 14.1 Å². The number of fused-ring (bicyclic) bond motifs is 1. The van der Waals surface area contributed by atoms with Gasteiger partial charge in [0.25, 0.3) is 5.91 Å². The molecule has 1 amide bonds. The Morgan fingerprint density at radius 2 is 2.06 bits per heavy atom. The zero-order chi connectivity index (χ0) is 12.0. The molecule has 0 saturated carbocycles. The van der Waals surface area contributed by atoms with Crippen LogP contribution in [-0.2, 0) is 21.2 Å². The van der Waals surface area contributed by atoms with Crippen molar-refractivity contribution in [2.24, 2.45) is 0 Å². The smallest absolute Gasteiger partial charge is 0.266 e. The standard InChI is InChI=1S/C12H9NO3S/c14-11-12(15,10-6-3-7-17(10)16)8-4-1-2-5-9(8)13-11/h1-7,15H,(H,13,14). The fraction of sp³-hybridized carbons (Fsp3) is 0.0833. The van der Waals surface area contributed by atoms with Gasteiger partial charge in [-0.05, 0) is 12.1 Å². The predicted molar refractivity (Wildman–Crippen MR) is 64.3 cm³/mol. The molecule has 0 aliphatic carbocycles. The van der Waals surface area contributed by atoms with E-state index < -0.39 is 22.3 Å². The van der Waals surface area contributed by atoms with Gasteiger partial charge in [0, 0.05) is 16.7 Å². The molecule has 0 bridgehead atoms. The number of benzene rings is 1. The van der Waals surface area contributed by atoms with Crippen LogP contribution in [0.1, 0.15) is 5.56 Å². The van der Waals surface area contributed by atoms with Gasteiger partial charge in [-0.3, -0.25) is 4.79 Å². The minimum absolute atomic E-state index is 0.208. The van der Waals surface area contributed by atoms with Crippen LogP contribution in [0, 0.1) is 0 Å². The van der Waals surface area contributed by atoms with Crippen molar-refractivity contribution in [3.8, 4) is 0 Å². The maximum absolute atomic E-state index is 11.9. The van der Waals surface area contributed by atoms with Gasteiger partial charge in [-0.25, -0.2) is 4.21 Å². The number of aliphatic hydroxyl groups is 1. The number of rotatable bonds is 1. The average molecular weight is 247 g/mol. The molecule has 0 aromatic heterocycles. The molecule has 1 aromatic rings. The Kier molecular flexibility index (Phi) is 2.08. The number of allylic oxidation sites excluding steroid dienone is 2. The highest BCUT2D eigenvalue weighted by atomic mass is 32.2. The third-order valence-corrected chi connectivity index (χ3v) is 4.19. The van der Waals surface area contributed by atoms with Gasteiger partial charge in [-0.2, -0.15) is 0 Å². The molecule has 0 fully saturated rings. The maximum atomic E-state index is 11.9. The molecule has 2 aliphatic rings. The number of nitrogens with one attached hydrogen (secondary N) is 1. The van der Waals surface area contributed by atoms with E-state index in [2.05, 4.69) is 5.32 Å². The second-order valence-electron chi connectivity index (χ2n) is 3.87. The van der Waals surface area contributed by atoms with Crippen molar-refractivity contribution in [1.82, 2.24) is 0 Å². The minimum Gasteiger partial charge on any atom is -0.371 e. The fourth-order valence-electron chi connectivity index (χ4n) is 2.09. The first-order valence-corrected chi connectivity index (χ1v) is 6.28. The van der Waals surface area contributed by atoms with Gasteiger partial charge in [0.1, 0.15) is 0 Å². The summed E-state index contributed by atoms with van der Waals surface area (Å²) in [4.78, 5) is 12.1. The van der Waals surface area contributed by atoms with Crippen molar-refractivity contribution in [3.05, 3.63) is 52.3 Å². The van der Waals surface area contributed by atoms with E-state index in [-0.39, 0.29) is 4.91 Å². The summed E-state index contributed by atoms with van der Waals surface area (Å²) in [6.07, 6.45) is 3.11. The van der Waals surface area contributed by atoms with Crippen LogP contribution in [0.25, 0.3) is 0 Å². The van der Waals surface area contributed by atoms with Crippen LogP contribution in [0.15, 0.2) is 46.7 Å². The summed E-state index contributed by atoms with van der Waals surface area (Å²) >= 11 is 0. The molecule has 2 atom stereocenters. The molecule has 5 heteroatoms. The molecule has 17 heavy (non-hydrogen) atoms. The van der Waals surface area contributed by atoms with E-state index in [1.54, 1.807) is 30.3 Å². The average Bonchev–Trinajstić information content (AvgIpc) is 2.84. The topological polar surface area (TPSA) is 66.4 Å². The van der Waals surface area contributed by atoms with E-state index in [1.165, 1.54) is 11.5 Å². The monoisotopic (exact) mass is 247 g/mol. The first-order valence-electron chi connectivity index (χ1n) is 5.07. The van der Waals surface area contributed by atoms with Gasteiger partial charge in [0.05, 0.1) is 15.7 Å². The Balaban J connectivity index is 2.21. The summed E-state index contributed by atoms with van der Waals surface area (Å²) in [5.41, 5.74) is -0.802. The summed E-state index contributed by atoms with van der Waals surface area (Å²) in [5.74, 6) is -0.554.